The first-order valence-electron chi connectivity index (χ1n) is 11.4. The molecule has 1 heterocycles. The van der Waals surface area contributed by atoms with Crippen LogP contribution in [0.4, 0.5) is 18.9 Å². The second-order valence-corrected chi connectivity index (χ2v) is 8.51. The third-order valence-corrected chi connectivity index (χ3v) is 5.93. The maximum atomic E-state index is 13.5. The standard InChI is InChI=1S/C28H24F3NO6/c1-15-10-20-22(11-16(15)2)38-26(17-8-9-21(35-3)23(12-17)36-4)27(25(20)34)37-14-24(33)32-19-7-5-6-18(13-19)28(29,30)31/h5-13H,14H2,1-4H3,(H,32,33). The molecule has 7 nitrogen and oxygen atoms in total. The zero-order chi connectivity index (χ0) is 27.6. The molecule has 0 aliphatic heterocycles. The molecular weight excluding hydrogens is 503 g/mol. The molecule has 0 saturated carbocycles. The lowest BCUT2D eigenvalue weighted by molar-refractivity contribution is -0.137. The minimum atomic E-state index is -4.56. The molecule has 0 bridgehead atoms. The van der Waals surface area contributed by atoms with Crippen LogP contribution in [0, 0.1) is 13.8 Å². The van der Waals surface area contributed by atoms with Crippen molar-refractivity contribution < 1.29 is 36.6 Å². The number of carbonyl (C=O) groups is 1. The van der Waals surface area contributed by atoms with Gasteiger partial charge in [-0.2, -0.15) is 13.2 Å². The summed E-state index contributed by atoms with van der Waals surface area (Å²) in [6, 6.07) is 12.5. The minimum Gasteiger partial charge on any atom is -0.493 e. The minimum absolute atomic E-state index is 0.0542. The molecule has 0 fully saturated rings. The Hall–Kier alpha value is -4.47. The van der Waals surface area contributed by atoms with Crippen molar-refractivity contribution in [2.75, 3.05) is 26.1 Å². The lowest BCUT2D eigenvalue weighted by Crippen LogP contribution is -2.23. The van der Waals surface area contributed by atoms with Crippen molar-refractivity contribution in [1.29, 1.82) is 0 Å². The molecule has 1 N–H and O–H groups in total. The quantitative estimate of drug-likeness (QED) is 0.311. The molecule has 4 aromatic rings. The molecule has 0 unspecified atom stereocenters. The van der Waals surface area contributed by atoms with Crippen LogP contribution < -0.4 is 25.0 Å². The summed E-state index contributed by atoms with van der Waals surface area (Å²) < 4.78 is 61.4. The SMILES string of the molecule is COc1ccc(-c2oc3cc(C)c(C)cc3c(=O)c2OCC(=O)Nc2cccc(C(F)(F)F)c2)cc1OC. The van der Waals surface area contributed by atoms with Crippen LogP contribution in [0.25, 0.3) is 22.3 Å². The van der Waals surface area contributed by atoms with Crippen LogP contribution >= 0.6 is 0 Å². The second kappa shape index (κ2) is 10.5. The predicted octanol–water partition coefficient (Wildman–Crippen LogP) is 6.13. The number of aryl methyl sites for hydroxylation is 2. The van der Waals surface area contributed by atoms with Gasteiger partial charge in [-0.1, -0.05) is 6.07 Å². The Labute approximate surface area is 215 Å². The second-order valence-electron chi connectivity index (χ2n) is 8.51. The first-order chi connectivity index (χ1) is 18.0. The van der Waals surface area contributed by atoms with E-state index in [1.54, 1.807) is 30.3 Å². The van der Waals surface area contributed by atoms with Crippen molar-refractivity contribution in [3.63, 3.8) is 0 Å². The number of nitrogens with one attached hydrogen (secondary N) is 1. The van der Waals surface area contributed by atoms with Gasteiger partial charge in [0.25, 0.3) is 5.91 Å². The molecule has 1 amide bonds. The van der Waals surface area contributed by atoms with Crippen molar-refractivity contribution in [1.82, 2.24) is 0 Å². The van der Waals surface area contributed by atoms with Crippen LogP contribution in [0.1, 0.15) is 16.7 Å². The number of amides is 1. The lowest BCUT2D eigenvalue weighted by Gasteiger charge is -2.14. The van der Waals surface area contributed by atoms with Crippen molar-refractivity contribution >= 4 is 22.6 Å². The van der Waals surface area contributed by atoms with E-state index in [0.717, 1.165) is 23.3 Å². The number of hydrogen-bond donors (Lipinski definition) is 1. The summed E-state index contributed by atoms with van der Waals surface area (Å²) in [7, 11) is 2.94. The van der Waals surface area contributed by atoms with Crippen molar-refractivity contribution in [3.8, 4) is 28.6 Å². The van der Waals surface area contributed by atoms with Crippen LogP contribution in [0.15, 0.2) is 63.8 Å². The Morgan fingerprint density at radius 3 is 2.34 bits per heavy atom. The fourth-order valence-electron chi connectivity index (χ4n) is 3.84. The largest absolute Gasteiger partial charge is 0.493 e. The van der Waals surface area contributed by atoms with Gasteiger partial charge in [-0.05, 0) is 73.5 Å². The molecule has 198 valence electrons. The van der Waals surface area contributed by atoms with E-state index in [0.29, 0.717) is 22.6 Å². The molecule has 4 rings (SSSR count). The van der Waals surface area contributed by atoms with Gasteiger partial charge in [-0.15, -0.1) is 0 Å². The topological polar surface area (TPSA) is 87.0 Å². The maximum Gasteiger partial charge on any atom is 0.416 e. The third kappa shape index (κ3) is 5.44. The van der Waals surface area contributed by atoms with Gasteiger partial charge >= 0.3 is 6.18 Å². The summed E-state index contributed by atoms with van der Waals surface area (Å²) >= 11 is 0. The number of rotatable bonds is 7. The Balaban J connectivity index is 1.72. The van der Waals surface area contributed by atoms with Gasteiger partial charge in [0.15, 0.2) is 23.9 Å². The summed E-state index contributed by atoms with van der Waals surface area (Å²) in [5.41, 5.74) is 1.03. The number of ether oxygens (including phenoxy) is 3. The fourth-order valence-corrected chi connectivity index (χ4v) is 3.84. The van der Waals surface area contributed by atoms with Crippen LogP contribution in [0.3, 0.4) is 0 Å². The Morgan fingerprint density at radius 2 is 1.66 bits per heavy atom. The van der Waals surface area contributed by atoms with Crippen LogP contribution in [0.2, 0.25) is 0 Å². The van der Waals surface area contributed by atoms with Gasteiger partial charge in [0.2, 0.25) is 11.2 Å². The summed E-state index contributed by atoms with van der Waals surface area (Å²) in [5.74, 6) is -0.109. The molecule has 0 aliphatic carbocycles. The summed E-state index contributed by atoms with van der Waals surface area (Å²) in [4.78, 5) is 26.1. The van der Waals surface area contributed by atoms with E-state index in [9.17, 15) is 22.8 Å². The van der Waals surface area contributed by atoms with Crippen molar-refractivity contribution in [3.05, 3.63) is 81.5 Å². The van der Waals surface area contributed by atoms with E-state index in [1.165, 1.54) is 26.4 Å². The number of methoxy groups -OCH3 is 2. The lowest BCUT2D eigenvalue weighted by atomic mass is 10.0. The van der Waals surface area contributed by atoms with Gasteiger partial charge in [0, 0.05) is 11.3 Å². The molecule has 0 spiro atoms. The zero-order valence-electron chi connectivity index (χ0n) is 21.0. The Bertz CT molecular complexity index is 1580. The predicted molar refractivity (Wildman–Crippen MR) is 136 cm³/mol. The molecule has 0 radical (unpaired) electrons. The first-order valence-corrected chi connectivity index (χ1v) is 11.4. The smallest absolute Gasteiger partial charge is 0.416 e. The third-order valence-electron chi connectivity index (χ3n) is 5.93. The van der Waals surface area contributed by atoms with Gasteiger partial charge in [-0.25, -0.2) is 0 Å². The van der Waals surface area contributed by atoms with Crippen LogP contribution in [-0.4, -0.2) is 26.7 Å². The monoisotopic (exact) mass is 527 g/mol. The highest BCUT2D eigenvalue weighted by Gasteiger charge is 2.30. The highest BCUT2D eigenvalue weighted by molar-refractivity contribution is 5.92. The molecular formula is C28H24F3NO6. The highest BCUT2D eigenvalue weighted by atomic mass is 19.4. The van der Waals surface area contributed by atoms with Crippen molar-refractivity contribution in [2.45, 2.75) is 20.0 Å². The van der Waals surface area contributed by atoms with E-state index in [2.05, 4.69) is 5.32 Å². The molecule has 1 aromatic heterocycles. The number of alkyl halides is 3. The molecule has 0 atom stereocenters. The zero-order valence-corrected chi connectivity index (χ0v) is 21.0. The maximum absolute atomic E-state index is 13.5. The van der Waals surface area contributed by atoms with E-state index in [4.69, 9.17) is 18.6 Å². The van der Waals surface area contributed by atoms with Gasteiger partial charge in [-0.3, -0.25) is 9.59 Å². The molecule has 10 heteroatoms. The molecule has 3 aromatic carbocycles. The van der Waals surface area contributed by atoms with Gasteiger partial charge < -0.3 is 23.9 Å². The van der Waals surface area contributed by atoms with E-state index < -0.39 is 29.7 Å². The van der Waals surface area contributed by atoms with E-state index in [1.807, 2.05) is 13.8 Å². The summed E-state index contributed by atoms with van der Waals surface area (Å²) in [6.07, 6.45) is -4.56. The fraction of sp³-hybridized carbons (Fsp3) is 0.214. The Morgan fingerprint density at radius 1 is 0.947 bits per heavy atom. The normalized spacial score (nSPS) is 11.3. The highest BCUT2D eigenvalue weighted by Crippen LogP contribution is 2.37. The Kier molecular flexibility index (Phi) is 7.34. The summed E-state index contributed by atoms with van der Waals surface area (Å²) in [6.45, 7) is 3.07. The van der Waals surface area contributed by atoms with Gasteiger partial charge in [0.1, 0.15) is 5.58 Å². The van der Waals surface area contributed by atoms with Crippen molar-refractivity contribution in [2.24, 2.45) is 0 Å². The average molecular weight is 527 g/mol. The van der Waals surface area contributed by atoms with E-state index in [-0.39, 0.29) is 22.6 Å². The molecule has 38 heavy (non-hydrogen) atoms. The van der Waals surface area contributed by atoms with E-state index >= 15 is 0 Å². The molecule has 0 aliphatic rings. The average Bonchev–Trinajstić information content (AvgIpc) is 2.88. The number of halogens is 3. The number of hydrogen-bond acceptors (Lipinski definition) is 6. The number of anilines is 1. The number of fused-ring (bicyclic) bond motifs is 1. The number of carbonyl (C=O) groups excluding carboxylic acids is 1. The van der Waals surface area contributed by atoms with Crippen LogP contribution in [-0.2, 0) is 11.0 Å². The molecule has 0 saturated heterocycles. The number of benzene rings is 3. The van der Waals surface area contributed by atoms with Crippen LogP contribution in [0.5, 0.6) is 17.2 Å². The first kappa shape index (κ1) is 26.6. The van der Waals surface area contributed by atoms with Gasteiger partial charge in [0.05, 0.1) is 25.2 Å². The summed E-state index contributed by atoms with van der Waals surface area (Å²) in [5, 5.41) is 2.61.